The minimum absolute atomic E-state index is 0.00126. The highest BCUT2D eigenvalue weighted by atomic mass is 19.3. The lowest BCUT2D eigenvalue weighted by Crippen LogP contribution is -2.10. The molecule has 4 N–H and O–H groups in total. The third-order valence-corrected chi connectivity index (χ3v) is 5.13. The van der Waals surface area contributed by atoms with E-state index in [2.05, 4.69) is 47.9 Å². The molecule has 4 aromatic rings. The predicted octanol–water partition coefficient (Wildman–Crippen LogP) is 4.72. The summed E-state index contributed by atoms with van der Waals surface area (Å²) in [4.78, 5) is 11.9. The highest BCUT2D eigenvalue weighted by Gasteiger charge is 2.58. The largest absolute Gasteiger partial charge is 0.361 e. The van der Waals surface area contributed by atoms with Gasteiger partial charge in [0.2, 0.25) is 5.95 Å². The Hall–Kier alpha value is -3.49. The Kier molecular flexibility index (Phi) is 3.97. The van der Waals surface area contributed by atoms with E-state index in [0.29, 0.717) is 23.3 Å². The number of anilines is 3. The van der Waals surface area contributed by atoms with E-state index in [-0.39, 0.29) is 12.5 Å². The molecule has 9 heteroatoms. The van der Waals surface area contributed by atoms with Crippen molar-refractivity contribution < 1.29 is 8.78 Å². The van der Waals surface area contributed by atoms with Crippen molar-refractivity contribution in [3.05, 3.63) is 60.0 Å². The summed E-state index contributed by atoms with van der Waals surface area (Å²) in [5.41, 5.74) is 2.63. The van der Waals surface area contributed by atoms with Gasteiger partial charge in [0.15, 0.2) is 5.82 Å². The van der Waals surface area contributed by atoms with Gasteiger partial charge in [-0.3, -0.25) is 5.10 Å². The van der Waals surface area contributed by atoms with Crippen LogP contribution in [0.15, 0.2) is 48.8 Å². The maximum atomic E-state index is 13.2. The normalized spacial score (nSPS) is 18.5. The van der Waals surface area contributed by atoms with Gasteiger partial charge in [-0.25, -0.2) is 13.8 Å². The van der Waals surface area contributed by atoms with Gasteiger partial charge in [0.25, 0.3) is 5.92 Å². The number of hydrogen-bond donors (Lipinski definition) is 4. The van der Waals surface area contributed by atoms with Crippen LogP contribution >= 0.6 is 0 Å². The minimum atomic E-state index is -2.63. The highest BCUT2D eigenvalue weighted by Crippen LogP contribution is 2.55. The Balaban J connectivity index is 1.28. The van der Waals surface area contributed by atoms with Crippen LogP contribution < -0.4 is 10.6 Å². The lowest BCUT2D eigenvalue weighted by atomic mass is 10.1. The number of hydrogen-bond acceptors (Lipinski definition) is 5. The number of rotatable bonds is 6. The van der Waals surface area contributed by atoms with Gasteiger partial charge in [-0.05, 0) is 42.1 Å². The van der Waals surface area contributed by atoms with Gasteiger partial charge in [0.05, 0.1) is 12.0 Å². The average Bonchev–Trinajstić information content (AvgIpc) is 3.08. The van der Waals surface area contributed by atoms with Crippen molar-refractivity contribution in [1.82, 2.24) is 25.1 Å². The third kappa shape index (κ3) is 3.51. The zero-order valence-corrected chi connectivity index (χ0v) is 15.6. The molecular formula is C20H19F2N7. The van der Waals surface area contributed by atoms with Crippen molar-refractivity contribution >= 4 is 28.5 Å². The number of aromatic nitrogens is 5. The SMILES string of the molecule is C[C@H](Nc1nccc(Nc2cc([C@@H]3CC3(F)F)[nH]n2)n1)c1ccc2[nH]ccc2c1. The standard InChI is InChI=1S/C20H19F2N7/c1-11(12-2-3-15-13(8-12)4-6-23-15)25-19-24-7-5-17(27-19)26-18-9-16(28-29-18)14-10-20(14,21)22/h2-9,11,14,23H,10H2,1H3,(H3,24,25,26,27,28,29)/t11-,14-/m0/s1. The molecule has 0 spiro atoms. The molecule has 2 atom stereocenters. The lowest BCUT2D eigenvalue weighted by Gasteiger charge is -2.15. The van der Waals surface area contributed by atoms with Gasteiger partial charge in [-0.1, -0.05) is 6.07 Å². The second kappa shape index (κ2) is 6.54. The molecule has 0 unspecified atom stereocenters. The molecule has 0 radical (unpaired) electrons. The van der Waals surface area contributed by atoms with Gasteiger partial charge in [0.1, 0.15) is 5.82 Å². The van der Waals surface area contributed by atoms with Crippen LogP contribution in [0, 0.1) is 0 Å². The van der Waals surface area contributed by atoms with Crippen LogP contribution in [0.1, 0.15) is 36.6 Å². The van der Waals surface area contributed by atoms with Crippen molar-refractivity contribution in [3.63, 3.8) is 0 Å². The fourth-order valence-electron chi connectivity index (χ4n) is 3.38. The number of benzene rings is 1. The minimum Gasteiger partial charge on any atom is -0.361 e. The number of nitrogens with one attached hydrogen (secondary N) is 4. The molecular weight excluding hydrogens is 376 g/mol. The Morgan fingerprint density at radius 1 is 1.17 bits per heavy atom. The topological polar surface area (TPSA) is 94.3 Å². The number of alkyl halides is 2. The quantitative estimate of drug-likeness (QED) is 0.379. The summed E-state index contributed by atoms with van der Waals surface area (Å²) in [6.45, 7) is 2.03. The number of aromatic amines is 2. The smallest absolute Gasteiger partial charge is 0.257 e. The third-order valence-electron chi connectivity index (χ3n) is 5.13. The van der Waals surface area contributed by atoms with Crippen LogP contribution in [0.25, 0.3) is 10.9 Å². The zero-order chi connectivity index (χ0) is 20.0. The first-order valence-corrected chi connectivity index (χ1v) is 9.35. The molecule has 0 saturated heterocycles. The van der Waals surface area contributed by atoms with E-state index in [1.165, 1.54) is 0 Å². The van der Waals surface area contributed by atoms with E-state index in [0.717, 1.165) is 16.5 Å². The molecule has 0 aliphatic heterocycles. The second-order valence-electron chi connectivity index (χ2n) is 7.31. The molecule has 1 aliphatic rings. The number of fused-ring (bicyclic) bond motifs is 1. The number of halogens is 2. The average molecular weight is 395 g/mol. The van der Waals surface area contributed by atoms with E-state index >= 15 is 0 Å². The molecule has 3 heterocycles. The Bertz CT molecular complexity index is 1170. The number of H-pyrrole nitrogens is 2. The summed E-state index contributed by atoms with van der Waals surface area (Å²) >= 11 is 0. The van der Waals surface area contributed by atoms with E-state index in [9.17, 15) is 8.78 Å². The molecule has 0 bridgehead atoms. The van der Waals surface area contributed by atoms with Crippen molar-refractivity contribution in [2.24, 2.45) is 0 Å². The first kappa shape index (κ1) is 17.6. The van der Waals surface area contributed by atoms with Crippen LogP contribution in [-0.4, -0.2) is 31.1 Å². The van der Waals surface area contributed by atoms with Gasteiger partial charge < -0.3 is 15.6 Å². The fraction of sp³-hybridized carbons (Fsp3) is 0.250. The summed E-state index contributed by atoms with van der Waals surface area (Å²) in [5.74, 6) is -1.97. The highest BCUT2D eigenvalue weighted by molar-refractivity contribution is 5.80. The Labute approximate surface area is 165 Å². The Morgan fingerprint density at radius 2 is 2.03 bits per heavy atom. The lowest BCUT2D eigenvalue weighted by molar-refractivity contribution is 0.111. The van der Waals surface area contributed by atoms with Crippen molar-refractivity contribution in [2.75, 3.05) is 10.6 Å². The molecule has 1 aromatic carbocycles. The molecule has 5 rings (SSSR count). The maximum absolute atomic E-state index is 13.2. The Morgan fingerprint density at radius 3 is 2.86 bits per heavy atom. The van der Waals surface area contributed by atoms with Crippen LogP contribution in [0.5, 0.6) is 0 Å². The summed E-state index contributed by atoms with van der Waals surface area (Å²) < 4.78 is 26.4. The summed E-state index contributed by atoms with van der Waals surface area (Å²) in [6, 6.07) is 11.5. The van der Waals surface area contributed by atoms with Crippen molar-refractivity contribution in [1.29, 1.82) is 0 Å². The first-order chi connectivity index (χ1) is 14.0. The molecule has 1 saturated carbocycles. The van der Waals surface area contributed by atoms with Crippen LogP contribution in [-0.2, 0) is 0 Å². The molecule has 1 fully saturated rings. The van der Waals surface area contributed by atoms with Gasteiger partial charge in [-0.2, -0.15) is 10.1 Å². The summed E-state index contributed by atoms with van der Waals surface area (Å²) in [5, 5.41) is 14.2. The van der Waals surface area contributed by atoms with Gasteiger partial charge in [-0.15, -0.1) is 0 Å². The fourth-order valence-corrected chi connectivity index (χ4v) is 3.38. The summed E-state index contributed by atoms with van der Waals surface area (Å²) in [6.07, 6.45) is 3.40. The summed E-state index contributed by atoms with van der Waals surface area (Å²) in [7, 11) is 0. The van der Waals surface area contributed by atoms with Crippen molar-refractivity contribution in [2.45, 2.75) is 31.2 Å². The van der Waals surface area contributed by atoms with Crippen LogP contribution in [0.2, 0.25) is 0 Å². The van der Waals surface area contributed by atoms with E-state index in [1.807, 2.05) is 25.3 Å². The van der Waals surface area contributed by atoms with E-state index in [1.54, 1.807) is 18.3 Å². The first-order valence-electron chi connectivity index (χ1n) is 9.35. The molecule has 29 heavy (non-hydrogen) atoms. The predicted molar refractivity (Wildman–Crippen MR) is 107 cm³/mol. The van der Waals surface area contributed by atoms with Crippen LogP contribution in [0.4, 0.5) is 26.4 Å². The second-order valence-corrected chi connectivity index (χ2v) is 7.31. The molecule has 0 amide bonds. The number of nitrogens with zero attached hydrogens (tertiary/aromatic N) is 3. The van der Waals surface area contributed by atoms with E-state index < -0.39 is 11.8 Å². The van der Waals surface area contributed by atoms with Crippen LogP contribution in [0.3, 0.4) is 0 Å². The monoisotopic (exact) mass is 395 g/mol. The van der Waals surface area contributed by atoms with E-state index in [4.69, 9.17) is 0 Å². The molecule has 148 valence electrons. The molecule has 3 aromatic heterocycles. The maximum Gasteiger partial charge on any atom is 0.257 e. The van der Waals surface area contributed by atoms with Gasteiger partial charge in [0, 0.05) is 36.1 Å². The van der Waals surface area contributed by atoms with Crippen molar-refractivity contribution in [3.8, 4) is 0 Å². The molecule has 7 nitrogen and oxygen atoms in total. The molecule has 1 aliphatic carbocycles. The van der Waals surface area contributed by atoms with Gasteiger partial charge >= 0.3 is 0 Å². The zero-order valence-electron chi connectivity index (χ0n) is 15.6.